The summed E-state index contributed by atoms with van der Waals surface area (Å²) in [4.78, 5) is 35.8. The molecule has 0 heterocycles. The van der Waals surface area contributed by atoms with Crippen molar-refractivity contribution < 1.29 is 14.4 Å². The van der Waals surface area contributed by atoms with Gasteiger partial charge in [-0.25, -0.2) is 0 Å². The van der Waals surface area contributed by atoms with Gasteiger partial charge < -0.3 is 16.0 Å². The van der Waals surface area contributed by atoms with Gasteiger partial charge in [-0.3, -0.25) is 14.4 Å². The third kappa shape index (κ3) is 5.33. The predicted molar refractivity (Wildman–Crippen MR) is 109 cm³/mol. The van der Waals surface area contributed by atoms with Gasteiger partial charge in [-0.05, 0) is 54.7 Å². The maximum atomic E-state index is 12.9. The number of anilines is 2. The third-order valence-electron chi connectivity index (χ3n) is 4.45. The first-order valence-electron chi connectivity index (χ1n) is 9.08. The number of benzene rings is 2. The fraction of sp³-hybridized carbons (Fsp3) is 0.286. The summed E-state index contributed by atoms with van der Waals surface area (Å²) in [5, 5.41) is 9.04. The van der Waals surface area contributed by atoms with Gasteiger partial charge >= 0.3 is 0 Å². The summed E-state index contributed by atoms with van der Waals surface area (Å²) in [5.41, 5.74) is 2.24. The highest BCUT2D eigenvalue weighted by molar-refractivity contribution is 6.30. The van der Waals surface area contributed by atoms with Crippen molar-refractivity contribution in [1.82, 2.24) is 5.32 Å². The van der Waals surface area contributed by atoms with Crippen molar-refractivity contribution in [3.63, 3.8) is 0 Å². The Kier molecular flexibility index (Phi) is 5.99. The second-order valence-corrected chi connectivity index (χ2v) is 7.44. The van der Waals surface area contributed by atoms with Crippen LogP contribution in [0.3, 0.4) is 0 Å². The van der Waals surface area contributed by atoms with Gasteiger partial charge in [0.25, 0.3) is 5.91 Å². The minimum Gasteiger partial charge on any atom is -0.345 e. The molecule has 1 aliphatic rings. The monoisotopic (exact) mass is 399 g/mol. The van der Waals surface area contributed by atoms with Crippen molar-refractivity contribution >= 4 is 40.7 Å². The minimum atomic E-state index is -0.273. The first-order valence-corrected chi connectivity index (χ1v) is 9.46. The average Bonchev–Trinajstić information content (AvgIpc) is 3.44. The molecule has 3 rings (SSSR count). The highest BCUT2D eigenvalue weighted by Crippen LogP contribution is 2.41. The van der Waals surface area contributed by atoms with Crippen LogP contribution in [0, 0.1) is 5.92 Å². The molecule has 0 unspecified atom stereocenters. The van der Waals surface area contributed by atoms with Gasteiger partial charge in [0.15, 0.2) is 0 Å². The zero-order valence-corrected chi connectivity index (χ0v) is 16.5. The molecule has 2 aromatic carbocycles. The van der Waals surface area contributed by atoms with Gasteiger partial charge in [0, 0.05) is 35.8 Å². The normalized spacial score (nSPS) is 14.1. The molecule has 3 N–H and O–H groups in total. The number of hydrogen-bond donors (Lipinski definition) is 3. The number of carbonyl (C=O) groups excluding carboxylic acids is 3. The van der Waals surface area contributed by atoms with Crippen LogP contribution in [0.15, 0.2) is 42.5 Å². The fourth-order valence-electron chi connectivity index (χ4n) is 3.11. The van der Waals surface area contributed by atoms with E-state index in [1.54, 1.807) is 18.2 Å². The largest absolute Gasteiger partial charge is 0.345 e. The molecule has 146 valence electrons. The van der Waals surface area contributed by atoms with Crippen molar-refractivity contribution in [1.29, 1.82) is 0 Å². The molecule has 1 atom stereocenters. The highest BCUT2D eigenvalue weighted by atomic mass is 35.5. The molecule has 0 aliphatic heterocycles. The van der Waals surface area contributed by atoms with Crippen LogP contribution < -0.4 is 16.0 Å². The minimum absolute atomic E-state index is 0.113. The second-order valence-electron chi connectivity index (χ2n) is 7.00. The topological polar surface area (TPSA) is 87.3 Å². The summed E-state index contributed by atoms with van der Waals surface area (Å²) >= 11 is 5.97. The first kappa shape index (κ1) is 19.9. The molecule has 3 amide bonds. The molecule has 2 aromatic rings. The Morgan fingerprint density at radius 2 is 1.46 bits per heavy atom. The zero-order chi connectivity index (χ0) is 20.3. The van der Waals surface area contributed by atoms with E-state index in [-0.39, 0.29) is 23.8 Å². The highest BCUT2D eigenvalue weighted by Gasteiger charge is 2.33. The Morgan fingerprint density at radius 1 is 0.929 bits per heavy atom. The first-order chi connectivity index (χ1) is 13.3. The molecule has 1 aliphatic carbocycles. The van der Waals surface area contributed by atoms with Gasteiger partial charge in [0.1, 0.15) is 0 Å². The number of rotatable bonds is 6. The number of hydrogen-bond acceptors (Lipinski definition) is 3. The van der Waals surface area contributed by atoms with Crippen LogP contribution in [0.4, 0.5) is 11.4 Å². The maximum absolute atomic E-state index is 12.9. The Hall–Kier alpha value is -2.86. The molecule has 0 saturated heterocycles. The Bertz CT molecular complexity index is 873. The number of nitrogens with one attached hydrogen (secondary N) is 3. The van der Waals surface area contributed by atoms with Crippen molar-refractivity contribution in [3.8, 4) is 0 Å². The van der Waals surface area contributed by atoms with Crippen molar-refractivity contribution in [2.45, 2.75) is 32.7 Å². The molecule has 7 heteroatoms. The predicted octanol–water partition coefficient (Wildman–Crippen LogP) is 4.14. The summed E-state index contributed by atoms with van der Waals surface area (Å²) in [6.45, 7) is 2.77. The number of carbonyl (C=O) groups is 3. The lowest BCUT2D eigenvalue weighted by molar-refractivity contribution is -0.115. The number of halogens is 1. The lowest BCUT2D eigenvalue weighted by atomic mass is 10.0. The third-order valence-corrected chi connectivity index (χ3v) is 4.70. The van der Waals surface area contributed by atoms with Crippen LogP contribution >= 0.6 is 11.6 Å². The molecule has 28 heavy (non-hydrogen) atoms. The zero-order valence-electron chi connectivity index (χ0n) is 15.7. The molecule has 0 spiro atoms. The summed E-state index contributed by atoms with van der Waals surface area (Å²) in [5.74, 6) is -0.407. The van der Waals surface area contributed by atoms with Gasteiger partial charge in [-0.1, -0.05) is 23.7 Å². The van der Waals surface area contributed by atoms with Crippen LogP contribution in [0.1, 0.15) is 48.7 Å². The van der Waals surface area contributed by atoms with E-state index in [4.69, 9.17) is 11.6 Å². The molecule has 1 saturated carbocycles. The van der Waals surface area contributed by atoms with E-state index < -0.39 is 0 Å². The SMILES string of the molecule is CC(=O)Nc1cc(NC(C)=O)cc(C(=O)N[C@@H](c2ccc(Cl)cc2)C2CC2)c1. The summed E-state index contributed by atoms with van der Waals surface area (Å²) in [6, 6.07) is 12.1. The second kappa shape index (κ2) is 8.44. The Morgan fingerprint density at radius 3 is 1.93 bits per heavy atom. The van der Waals surface area contributed by atoms with Crippen LogP contribution in [0.25, 0.3) is 0 Å². The van der Waals surface area contributed by atoms with Crippen LogP contribution in [-0.4, -0.2) is 17.7 Å². The van der Waals surface area contributed by atoms with Gasteiger partial charge in [-0.15, -0.1) is 0 Å². The fourth-order valence-corrected chi connectivity index (χ4v) is 3.23. The van der Waals surface area contributed by atoms with Crippen LogP contribution in [0.5, 0.6) is 0 Å². The van der Waals surface area contributed by atoms with Crippen molar-refractivity contribution in [2.24, 2.45) is 5.92 Å². The van der Waals surface area contributed by atoms with Gasteiger partial charge in [0.2, 0.25) is 11.8 Å². The Balaban J connectivity index is 1.85. The van der Waals surface area contributed by atoms with E-state index in [0.717, 1.165) is 18.4 Å². The van der Waals surface area contributed by atoms with E-state index in [1.807, 2.05) is 24.3 Å². The molecule has 1 fully saturated rings. The van der Waals surface area contributed by atoms with Gasteiger partial charge in [-0.2, -0.15) is 0 Å². The number of amides is 3. The lowest BCUT2D eigenvalue weighted by Gasteiger charge is -2.20. The van der Waals surface area contributed by atoms with Crippen molar-refractivity contribution in [3.05, 3.63) is 58.6 Å². The smallest absolute Gasteiger partial charge is 0.251 e. The molecular weight excluding hydrogens is 378 g/mol. The van der Waals surface area contributed by atoms with E-state index in [2.05, 4.69) is 16.0 Å². The molecular formula is C21H22ClN3O3. The molecule has 0 radical (unpaired) electrons. The van der Waals surface area contributed by atoms with E-state index in [0.29, 0.717) is 27.9 Å². The molecule has 6 nitrogen and oxygen atoms in total. The van der Waals surface area contributed by atoms with Crippen molar-refractivity contribution in [2.75, 3.05) is 10.6 Å². The standard InChI is InChI=1S/C21H22ClN3O3/c1-12(26)23-18-9-16(10-19(11-18)24-13(2)27)21(28)25-20(14-3-4-14)15-5-7-17(22)8-6-15/h5-11,14,20H,3-4H2,1-2H3,(H,23,26)(H,24,27)(H,25,28)/t20-/m1/s1. The quantitative estimate of drug-likeness (QED) is 0.682. The maximum Gasteiger partial charge on any atom is 0.251 e. The van der Waals surface area contributed by atoms with E-state index >= 15 is 0 Å². The molecule has 0 aromatic heterocycles. The lowest BCUT2D eigenvalue weighted by Crippen LogP contribution is -2.30. The Labute approximate surface area is 168 Å². The summed E-state index contributed by atoms with van der Waals surface area (Å²) in [6.07, 6.45) is 2.10. The molecule has 0 bridgehead atoms. The summed E-state index contributed by atoms with van der Waals surface area (Å²) < 4.78 is 0. The summed E-state index contributed by atoms with van der Waals surface area (Å²) in [7, 11) is 0. The average molecular weight is 400 g/mol. The van der Waals surface area contributed by atoms with E-state index in [9.17, 15) is 14.4 Å². The van der Waals surface area contributed by atoms with Crippen LogP contribution in [-0.2, 0) is 9.59 Å². The van der Waals surface area contributed by atoms with Crippen LogP contribution in [0.2, 0.25) is 5.02 Å². The van der Waals surface area contributed by atoms with E-state index in [1.165, 1.54) is 13.8 Å². The van der Waals surface area contributed by atoms with Gasteiger partial charge in [0.05, 0.1) is 6.04 Å².